The summed E-state index contributed by atoms with van der Waals surface area (Å²) in [6, 6.07) is 2.51. The Balaban J connectivity index is 1.46. The van der Waals surface area contributed by atoms with Crippen LogP contribution in [-0.2, 0) is 14.6 Å². The van der Waals surface area contributed by atoms with Gasteiger partial charge in [-0.15, -0.1) is 0 Å². The van der Waals surface area contributed by atoms with Crippen molar-refractivity contribution in [3.63, 3.8) is 0 Å². The van der Waals surface area contributed by atoms with E-state index in [-0.39, 0.29) is 34.7 Å². The molecule has 1 heterocycles. The molecule has 1 N–H and O–H groups in total. The van der Waals surface area contributed by atoms with E-state index in [1.165, 1.54) is 11.0 Å². The molecule has 1 atom stereocenters. The van der Waals surface area contributed by atoms with Gasteiger partial charge in [-0.25, -0.2) is 17.6 Å². The predicted octanol–water partition coefficient (Wildman–Crippen LogP) is 3.51. The minimum Gasteiger partial charge on any atom is -0.492 e. The number of hydrogen-bond acceptors (Lipinski definition) is 5. The largest absolute Gasteiger partial charge is 0.492 e. The summed E-state index contributed by atoms with van der Waals surface area (Å²) in [7, 11) is -3.34. The van der Waals surface area contributed by atoms with Crippen LogP contribution in [0.25, 0.3) is 0 Å². The highest BCUT2D eigenvalue weighted by molar-refractivity contribution is 7.91. The third kappa shape index (κ3) is 7.07. The standard InChI is InChI=1S/C21H28ClFN2O5S/c1-14(16-9-17(23)20(22)18(10-16)30-12-15-5-6-15)13-31(28,29)8-4-2-3-7-25-11-19(26)24-21(25)27/h9-10,14-15H,2-8,11-13H2,1H3,(H,24,26,27)/t14-/m0/s1. The topological polar surface area (TPSA) is 92.8 Å². The molecular weight excluding hydrogens is 447 g/mol. The lowest BCUT2D eigenvalue weighted by atomic mass is 10.0. The zero-order valence-corrected chi connectivity index (χ0v) is 19.1. The Labute approximate surface area is 187 Å². The molecule has 3 rings (SSSR count). The zero-order chi connectivity index (χ0) is 22.6. The van der Waals surface area contributed by atoms with E-state index in [1.807, 2.05) is 0 Å². The number of unbranched alkanes of at least 4 members (excludes halogenated alkanes) is 2. The molecule has 3 amide bonds. The van der Waals surface area contributed by atoms with Crippen molar-refractivity contribution in [2.24, 2.45) is 5.92 Å². The van der Waals surface area contributed by atoms with E-state index < -0.39 is 27.6 Å². The lowest BCUT2D eigenvalue weighted by molar-refractivity contribution is -0.118. The first-order chi connectivity index (χ1) is 14.6. The average molecular weight is 475 g/mol. The quantitative estimate of drug-likeness (QED) is 0.369. The number of sulfone groups is 1. The molecule has 0 spiro atoms. The van der Waals surface area contributed by atoms with Crippen molar-refractivity contribution in [1.82, 2.24) is 10.2 Å². The molecule has 7 nitrogen and oxygen atoms in total. The fourth-order valence-electron chi connectivity index (χ4n) is 3.49. The molecule has 0 radical (unpaired) electrons. The van der Waals surface area contributed by atoms with Crippen LogP contribution in [0.3, 0.4) is 0 Å². The first-order valence-corrected chi connectivity index (χ1v) is 12.8. The first kappa shape index (κ1) is 23.8. The van der Waals surface area contributed by atoms with Crippen LogP contribution in [0.2, 0.25) is 5.02 Å². The molecule has 0 unspecified atom stereocenters. The van der Waals surface area contributed by atoms with Crippen LogP contribution in [0.5, 0.6) is 5.75 Å². The molecule has 1 saturated carbocycles. The number of nitrogens with zero attached hydrogens (tertiary/aromatic N) is 1. The Kier molecular flexibility index (Phi) is 7.80. The fourth-order valence-corrected chi connectivity index (χ4v) is 5.42. The maximum atomic E-state index is 14.2. The molecule has 172 valence electrons. The maximum absolute atomic E-state index is 14.2. The van der Waals surface area contributed by atoms with Gasteiger partial charge in [-0.3, -0.25) is 10.1 Å². The average Bonchev–Trinajstić information content (AvgIpc) is 3.46. The molecule has 1 aliphatic heterocycles. The van der Waals surface area contributed by atoms with E-state index in [0.29, 0.717) is 43.9 Å². The van der Waals surface area contributed by atoms with E-state index >= 15 is 0 Å². The number of hydrogen-bond donors (Lipinski definition) is 1. The van der Waals surface area contributed by atoms with Gasteiger partial charge in [0.1, 0.15) is 23.1 Å². The summed E-state index contributed by atoms with van der Waals surface area (Å²) in [5, 5.41) is 2.13. The van der Waals surface area contributed by atoms with Gasteiger partial charge in [0, 0.05) is 6.54 Å². The Morgan fingerprint density at radius 3 is 2.65 bits per heavy atom. The summed E-state index contributed by atoms with van der Waals surface area (Å²) in [6.45, 7) is 2.71. The van der Waals surface area contributed by atoms with Crippen LogP contribution in [0.4, 0.5) is 9.18 Å². The van der Waals surface area contributed by atoms with Crippen LogP contribution < -0.4 is 10.1 Å². The van der Waals surface area contributed by atoms with Gasteiger partial charge in [0.2, 0.25) is 5.91 Å². The van der Waals surface area contributed by atoms with E-state index in [4.69, 9.17) is 16.3 Å². The molecule has 2 aliphatic rings. The summed E-state index contributed by atoms with van der Waals surface area (Å²) in [6.07, 6.45) is 3.90. The van der Waals surface area contributed by atoms with Crippen molar-refractivity contribution < 1.29 is 27.1 Å². The molecule has 0 bridgehead atoms. The van der Waals surface area contributed by atoms with Crippen molar-refractivity contribution in [2.45, 2.75) is 44.9 Å². The highest BCUT2D eigenvalue weighted by Gasteiger charge is 2.26. The van der Waals surface area contributed by atoms with Crippen LogP contribution >= 0.6 is 11.6 Å². The molecular formula is C21H28ClFN2O5S. The molecule has 31 heavy (non-hydrogen) atoms. The third-order valence-corrected chi connectivity index (χ3v) is 7.80. The van der Waals surface area contributed by atoms with E-state index in [9.17, 15) is 22.4 Å². The van der Waals surface area contributed by atoms with Crippen LogP contribution in [-0.4, -0.2) is 56.5 Å². The van der Waals surface area contributed by atoms with Gasteiger partial charge in [-0.05, 0) is 55.2 Å². The summed E-state index contributed by atoms with van der Waals surface area (Å²) >= 11 is 6.00. The van der Waals surface area contributed by atoms with Crippen molar-refractivity contribution in [2.75, 3.05) is 31.2 Å². The highest BCUT2D eigenvalue weighted by atomic mass is 35.5. The second kappa shape index (κ2) is 10.2. The van der Waals surface area contributed by atoms with Crippen molar-refractivity contribution >= 4 is 33.4 Å². The summed E-state index contributed by atoms with van der Waals surface area (Å²) < 4.78 is 44.9. The van der Waals surface area contributed by atoms with Crippen molar-refractivity contribution in [3.05, 3.63) is 28.5 Å². The Morgan fingerprint density at radius 1 is 1.26 bits per heavy atom. The van der Waals surface area contributed by atoms with Gasteiger partial charge in [0.15, 0.2) is 9.84 Å². The smallest absolute Gasteiger partial charge is 0.324 e. The number of carbonyl (C=O) groups is 2. The molecule has 10 heteroatoms. The minimum atomic E-state index is -3.34. The van der Waals surface area contributed by atoms with Gasteiger partial charge in [-0.2, -0.15) is 0 Å². The molecule has 1 saturated heterocycles. The number of nitrogens with one attached hydrogen (secondary N) is 1. The fraction of sp³-hybridized carbons (Fsp3) is 0.619. The van der Waals surface area contributed by atoms with Crippen LogP contribution in [0.15, 0.2) is 12.1 Å². The van der Waals surface area contributed by atoms with Gasteiger partial charge in [-0.1, -0.05) is 24.9 Å². The van der Waals surface area contributed by atoms with Gasteiger partial charge in [0.25, 0.3) is 0 Å². The van der Waals surface area contributed by atoms with E-state index in [0.717, 1.165) is 12.8 Å². The second-order valence-corrected chi connectivity index (χ2v) is 11.0. The van der Waals surface area contributed by atoms with E-state index in [1.54, 1.807) is 13.0 Å². The lowest BCUT2D eigenvalue weighted by Gasteiger charge is -2.16. The van der Waals surface area contributed by atoms with Gasteiger partial charge in [0.05, 0.1) is 18.1 Å². The van der Waals surface area contributed by atoms with Crippen molar-refractivity contribution in [3.8, 4) is 5.75 Å². The normalized spacial score (nSPS) is 17.7. The number of imide groups is 1. The Bertz CT molecular complexity index is 936. The number of urea groups is 1. The molecule has 0 aromatic heterocycles. The number of benzene rings is 1. The van der Waals surface area contributed by atoms with Gasteiger partial charge < -0.3 is 9.64 Å². The monoisotopic (exact) mass is 474 g/mol. The third-order valence-electron chi connectivity index (χ3n) is 5.51. The van der Waals surface area contributed by atoms with Crippen LogP contribution in [0.1, 0.15) is 50.5 Å². The zero-order valence-electron chi connectivity index (χ0n) is 17.5. The number of carbonyl (C=O) groups excluding carboxylic acids is 2. The molecule has 2 fully saturated rings. The number of halogens is 2. The summed E-state index contributed by atoms with van der Waals surface area (Å²) in [5.74, 6) is -0.666. The molecule has 1 aliphatic carbocycles. The Hall–Kier alpha value is -1.87. The van der Waals surface area contributed by atoms with Gasteiger partial charge >= 0.3 is 6.03 Å². The summed E-state index contributed by atoms with van der Waals surface area (Å²) in [4.78, 5) is 24.0. The second-order valence-electron chi connectivity index (χ2n) is 8.42. The molecule has 1 aromatic rings. The highest BCUT2D eigenvalue weighted by Crippen LogP contribution is 2.35. The maximum Gasteiger partial charge on any atom is 0.324 e. The SMILES string of the molecule is C[C@@H](CS(=O)(=O)CCCCCN1CC(=O)NC1=O)c1cc(F)c(Cl)c(OCC2CC2)c1. The van der Waals surface area contributed by atoms with Crippen LogP contribution in [0, 0.1) is 11.7 Å². The molecule has 1 aromatic carbocycles. The predicted molar refractivity (Wildman–Crippen MR) is 116 cm³/mol. The minimum absolute atomic E-state index is 0.0174. The number of rotatable bonds is 12. The van der Waals surface area contributed by atoms with Crippen molar-refractivity contribution in [1.29, 1.82) is 0 Å². The summed E-state index contributed by atoms with van der Waals surface area (Å²) in [5.41, 5.74) is 0.543. The van der Waals surface area contributed by atoms with E-state index in [2.05, 4.69) is 5.32 Å². The Morgan fingerprint density at radius 2 is 2.00 bits per heavy atom. The number of amides is 3. The first-order valence-electron chi connectivity index (χ1n) is 10.6. The lowest BCUT2D eigenvalue weighted by Crippen LogP contribution is -2.29. The number of ether oxygens (including phenoxy) is 1.